The molecule has 0 aliphatic carbocycles. The van der Waals surface area contributed by atoms with Crippen molar-refractivity contribution in [3.05, 3.63) is 86.0 Å². The van der Waals surface area contributed by atoms with Crippen LogP contribution in [0.25, 0.3) is 0 Å². The van der Waals surface area contributed by atoms with Crippen molar-refractivity contribution in [2.75, 3.05) is 19.8 Å². The molecule has 0 saturated carbocycles. The van der Waals surface area contributed by atoms with Crippen molar-refractivity contribution in [3.63, 3.8) is 0 Å². The lowest BCUT2D eigenvalue weighted by Crippen LogP contribution is -2.17. The number of non-ortho nitro benzene ring substituents is 1. The Labute approximate surface area is 223 Å². The van der Waals surface area contributed by atoms with Crippen molar-refractivity contribution in [1.82, 2.24) is 5.43 Å². The normalized spacial score (nSPS) is 10.6. The van der Waals surface area contributed by atoms with Crippen LogP contribution in [0.15, 0.2) is 59.7 Å². The fraction of sp³-hybridized carbons (Fsp3) is 0.231. The van der Waals surface area contributed by atoms with Crippen LogP contribution in [0.5, 0.6) is 28.7 Å². The minimum Gasteiger partial charge on any atom is -0.490 e. The van der Waals surface area contributed by atoms with Crippen LogP contribution in [-0.4, -0.2) is 41.8 Å². The summed E-state index contributed by atoms with van der Waals surface area (Å²) in [5.41, 5.74) is 2.29. The zero-order valence-electron chi connectivity index (χ0n) is 21.4. The molecule has 0 saturated heterocycles. The number of hydrogen-bond donors (Lipinski definition) is 1. The molecule has 0 unspecified atom stereocenters. The number of benzene rings is 3. The van der Waals surface area contributed by atoms with Gasteiger partial charge in [0.1, 0.15) is 0 Å². The number of nitro groups is 2. The molecule has 204 valence electrons. The van der Waals surface area contributed by atoms with Crippen LogP contribution in [0.2, 0.25) is 0 Å². The molecule has 39 heavy (non-hydrogen) atoms. The maximum Gasteiger partial charge on any atom is 0.318 e. The van der Waals surface area contributed by atoms with E-state index in [1.165, 1.54) is 12.3 Å². The highest BCUT2D eigenvalue weighted by Crippen LogP contribution is 2.38. The molecule has 0 fully saturated rings. The number of rotatable bonds is 13. The van der Waals surface area contributed by atoms with Crippen LogP contribution in [0, 0.1) is 20.2 Å². The van der Waals surface area contributed by atoms with Crippen molar-refractivity contribution in [1.29, 1.82) is 0 Å². The van der Waals surface area contributed by atoms with E-state index in [-0.39, 0.29) is 23.9 Å². The Hall–Kier alpha value is -5.20. The van der Waals surface area contributed by atoms with Crippen LogP contribution in [0.3, 0.4) is 0 Å². The number of hydrogen-bond acceptors (Lipinski definition) is 10. The van der Waals surface area contributed by atoms with Gasteiger partial charge in [-0.2, -0.15) is 5.10 Å². The Morgan fingerprint density at radius 2 is 1.41 bits per heavy atom. The predicted octanol–water partition coefficient (Wildman–Crippen LogP) is 5.26. The van der Waals surface area contributed by atoms with Crippen molar-refractivity contribution in [3.8, 4) is 28.7 Å². The molecule has 1 N–H and O–H groups in total. The van der Waals surface area contributed by atoms with Crippen LogP contribution >= 0.6 is 0 Å². The number of hydrazone groups is 1. The molecule has 3 aromatic carbocycles. The summed E-state index contributed by atoms with van der Waals surface area (Å²) in [4.78, 5) is 33.5. The topological polar surface area (TPSA) is 165 Å². The van der Waals surface area contributed by atoms with Gasteiger partial charge in [0, 0.05) is 11.6 Å². The number of carbonyl (C=O) groups is 1. The minimum absolute atomic E-state index is 0.146. The highest BCUT2D eigenvalue weighted by Gasteiger charge is 2.22. The molecule has 0 aliphatic rings. The first kappa shape index (κ1) is 28.4. The molecule has 3 rings (SSSR count). The molecule has 13 heteroatoms. The summed E-state index contributed by atoms with van der Waals surface area (Å²) in [7, 11) is 0. The van der Waals surface area contributed by atoms with Gasteiger partial charge in [-0.25, -0.2) is 5.43 Å². The first-order valence-corrected chi connectivity index (χ1v) is 11.9. The summed E-state index contributed by atoms with van der Waals surface area (Å²) in [6, 6.07) is 12.5. The van der Waals surface area contributed by atoms with E-state index in [1.807, 2.05) is 13.8 Å². The van der Waals surface area contributed by atoms with Gasteiger partial charge in [-0.05, 0) is 68.8 Å². The SMILES string of the molecule is CCOc1ccc(C(=O)N/N=C/c2ccc(Oc3ccc([N+](=O)[O-])cc3[N+](=O)[O-])c(OCC)c2)cc1OCC. The number of nitro benzene ring substituents is 2. The van der Waals surface area contributed by atoms with Crippen LogP contribution in [-0.2, 0) is 0 Å². The van der Waals surface area contributed by atoms with Gasteiger partial charge in [0.15, 0.2) is 23.0 Å². The van der Waals surface area contributed by atoms with E-state index >= 15 is 0 Å². The Morgan fingerprint density at radius 1 is 0.795 bits per heavy atom. The van der Waals surface area contributed by atoms with Crippen molar-refractivity contribution in [2.24, 2.45) is 5.10 Å². The van der Waals surface area contributed by atoms with Gasteiger partial charge in [-0.1, -0.05) is 0 Å². The highest BCUT2D eigenvalue weighted by atomic mass is 16.6. The summed E-state index contributed by atoms with van der Waals surface area (Å²) < 4.78 is 22.3. The Morgan fingerprint density at radius 3 is 2.05 bits per heavy atom. The smallest absolute Gasteiger partial charge is 0.318 e. The van der Waals surface area contributed by atoms with Gasteiger partial charge in [0.05, 0.1) is 41.9 Å². The minimum atomic E-state index is -0.770. The van der Waals surface area contributed by atoms with Gasteiger partial charge in [0.2, 0.25) is 5.75 Å². The van der Waals surface area contributed by atoms with E-state index in [4.69, 9.17) is 18.9 Å². The van der Waals surface area contributed by atoms with E-state index < -0.39 is 27.1 Å². The number of amides is 1. The van der Waals surface area contributed by atoms with Crippen LogP contribution in [0.1, 0.15) is 36.7 Å². The van der Waals surface area contributed by atoms with Gasteiger partial charge in [-0.15, -0.1) is 0 Å². The van der Waals surface area contributed by atoms with Crippen molar-refractivity contribution >= 4 is 23.5 Å². The summed E-state index contributed by atoms with van der Waals surface area (Å²) in [6.07, 6.45) is 1.39. The third-order valence-corrected chi connectivity index (χ3v) is 5.02. The number of nitrogens with zero attached hydrogens (tertiary/aromatic N) is 3. The summed E-state index contributed by atoms with van der Waals surface area (Å²) in [6.45, 7) is 6.53. The number of carbonyl (C=O) groups excluding carboxylic acids is 1. The Kier molecular flexibility index (Phi) is 9.73. The van der Waals surface area contributed by atoms with Gasteiger partial charge >= 0.3 is 5.69 Å². The number of ether oxygens (including phenoxy) is 4. The van der Waals surface area contributed by atoms with Crippen molar-refractivity contribution < 1.29 is 33.6 Å². The maximum atomic E-state index is 12.6. The second-order valence-corrected chi connectivity index (χ2v) is 7.63. The van der Waals surface area contributed by atoms with Crippen molar-refractivity contribution in [2.45, 2.75) is 20.8 Å². The molecule has 0 atom stereocenters. The Bertz CT molecular complexity index is 1390. The average Bonchev–Trinajstić information content (AvgIpc) is 2.91. The zero-order valence-corrected chi connectivity index (χ0v) is 21.4. The summed E-state index contributed by atoms with van der Waals surface area (Å²) in [5.74, 6) is 0.708. The van der Waals surface area contributed by atoms with Crippen LogP contribution < -0.4 is 24.4 Å². The molecule has 0 aromatic heterocycles. The molecule has 0 radical (unpaired) electrons. The predicted molar refractivity (Wildman–Crippen MR) is 141 cm³/mol. The molecule has 1 amide bonds. The second kappa shape index (κ2) is 13.4. The van der Waals surface area contributed by atoms with Gasteiger partial charge in [0.25, 0.3) is 11.6 Å². The van der Waals surface area contributed by atoms with E-state index in [0.717, 1.165) is 18.2 Å². The third-order valence-electron chi connectivity index (χ3n) is 5.02. The lowest BCUT2D eigenvalue weighted by atomic mass is 10.2. The molecule has 0 spiro atoms. The first-order valence-electron chi connectivity index (χ1n) is 11.9. The zero-order chi connectivity index (χ0) is 28.4. The molecular formula is C26H26N4O9. The maximum absolute atomic E-state index is 12.6. The van der Waals surface area contributed by atoms with Gasteiger partial charge in [-0.3, -0.25) is 25.0 Å². The van der Waals surface area contributed by atoms with E-state index in [1.54, 1.807) is 37.3 Å². The first-order chi connectivity index (χ1) is 18.8. The lowest BCUT2D eigenvalue weighted by molar-refractivity contribution is -0.394. The third kappa shape index (κ3) is 7.41. The van der Waals surface area contributed by atoms with E-state index in [9.17, 15) is 25.0 Å². The molecule has 0 heterocycles. The monoisotopic (exact) mass is 538 g/mol. The largest absolute Gasteiger partial charge is 0.490 e. The molecule has 13 nitrogen and oxygen atoms in total. The van der Waals surface area contributed by atoms with Gasteiger partial charge < -0.3 is 18.9 Å². The molecule has 0 bridgehead atoms. The molecule has 3 aromatic rings. The molecule has 0 aliphatic heterocycles. The number of nitrogens with one attached hydrogen (secondary N) is 1. The summed E-state index contributed by atoms with van der Waals surface area (Å²) in [5, 5.41) is 26.4. The van der Waals surface area contributed by atoms with Crippen LogP contribution in [0.4, 0.5) is 11.4 Å². The quantitative estimate of drug-likeness (QED) is 0.174. The second-order valence-electron chi connectivity index (χ2n) is 7.63. The highest BCUT2D eigenvalue weighted by molar-refractivity contribution is 5.95. The van der Waals surface area contributed by atoms with E-state index in [2.05, 4.69) is 10.5 Å². The van der Waals surface area contributed by atoms with E-state index in [0.29, 0.717) is 35.8 Å². The standard InChI is InChI=1S/C26H26N4O9/c1-4-36-22-11-8-18(14-25(22)38-6-3)26(31)28-27-16-17-7-10-23(24(13-17)37-5-2)39-21-12-9-19(29(32)33)15-20(21)30(34)35/h7-16H,4-6H2,1-3H3,(H,28,31)/b27-16+. The lowest BCUT2D eigenvalue weighted by Gasteiger charge is -2.12. The molecular weight excluding hydrogens is 512 g/mol. The average molecular weight is 539 g/mol. The Balaban J connectivity index is 1.77. The fourth-order valence-electron chi connectivity index (χ4n) is 3.35. The summed E-state index contributed by atoms with van der Waals surface area (Å²) >= 11 is 0. The fourth-order valence-corrected chi connectivity index (χ4v) is 3.35.